The number of aryl methyl sites for hydroxylation is 3. The first-order valence-electron chi connectivity index (χ1n) is 7.88. The van der Waals surface area contributed by atoms with Crippen molar-refractivity contribution in [3.63, 3.8) is 0 Å². The molecule has 0 aliphatic carbocycles. The van der Waals surface area contributed by atoms with Gasteiger partial charge in [0.2, 0.25) is 5.91 Å². The summed E-state index contributed by atoms with van der Waals surface area (Å²) in [7, 11) is 1.65. The molecule has 0 fully saturated rings. The number of nitrogens with zero attached hydrogens (tertiary/aromatic N) is 1. The topological polar surface area (TPSA) is 64.4 Å². The second-order valence-electron chi connectivity index (χ2n) is 5.61. The Balaban J connectivity index is 1.85. The van der Waals surface area contributed by atoms with Gasteiger partial charge in [0.05, 0.1) is 6.20 Å². The van der Waals surface area contributed by atoms with Crippen molar-refractivity contribution in [2.45, 2.75) is 33.1 Å². The number of rotatable bonds is 8. The molecule has 23 heavy (non-hydrogen) atoms. The molecule has 5 heteroatoms. The number of methoxy groups -OCH3 is 1. The molecule has 124 valence electrons. The summed E-state index contributed by atoms with van der Waals surface area (Å²) in [6, 6.07) is 6.18. The van der Waals surface area contributed by atoms with Gasteiger partial charge in [-0.05, 0) is 37.5 Å². The molecule has 0 aliphatic rings. The molecule has 0 aliphatic heterocycles. The first-order chi connectivity index (χ1) is 11.1. The molecule has 2 aromatic rings. The fourth-order valence-corrected chi connectivity index (χ4v) is 2.21. The molecule has 0 bridgehead atoms. The number of aromatic nitrogens is 1. The molecule has 2 rings (SSSR count). The van der Waals surface area contributed by atoms with E-state index in [1.165, 1.54) is 11.1 Å². The summed E-state index contributed by atoms with van der Waals surface area (Å²) in [6.45, 7) is 5.44. The van der Waals surface area contributed by atoms with Crippen molar-refractivity contribution in [3.05, 3.63) is 41.4 Å². The second-order valence-corrected chi connectivity index (χ2v) is 5.61. The van der Waals surface area contributed by atoms with E-state index in [-0.39, 0.29) is 5.91 Å². The first-order valence-corrected chi connectivity index (χ1v) is 7.88. The van der Waals surface area contributed by atoms with Crippen LogP contribution in [-0.2, 0) is 16.0 Å². The predicted molar refractivity (Wildman–Crippen MR) is 89.2 cm³/mol. The molecule has 1 aromatic carbocycles. The van der Waals surface area contributed by atoms with Crippen LogP contribution in [0.1, 0.15) is 29.9 Å². The van der Waals surface area contributed by atoms with E-state index in [1.807, 2.05) is 6.07 Å². The molecule has 0 atom stereocenters. The van der Waals surface area contributed by atoms with E-state index in [4.69, 9.17) is 9.15 Å². The summed E-state index contributed by atoms with van der Waals surface area (Å²) in [5.74, 6) is 1.33. The monoisotopic (exact) mass is 316 g/mol. The van der Waals surface area contributed by atoms with Crippen molar-refractivity contribution in [1.82, 2.24) is 10.3 Å². The maximum Gasteiger partial charge on any atom is 0.220 e. The minimum atomic E-state index is 0.00651. The van der Waals surface area contributed by atoms with Gasteiger partial charge >= 0.3 is 0 Å². The van der Waals surface area contributed by atoms with Crippen molar-refractivity contribution in [1.29, 1.82) is 0 Å². The van der Waals surface area contributed by atoms with Crippen molar-refractivity contribution >= 4 is 5.91 Å². The molecule has 0 saturated carbocycles. The smallest absolute Gasteiger partial charge is 0.220 e. The van der Waals surface area contributed by atoms with E-state index < -0.39 is 0 Å². The number of hydrogen-bond donors (Lipinski definition) is 1. The van der Waals surface area contributed by atoms with Gasteiger partial charge in [0.25, 0.3) is 0 Å². The van der Waals surface area contributed by atoms with Gasteiger partial charge in [0.15, 0.2) is 11.7 Å². The summed E-state index contributed by atoms with van der Waals surface area (Å²) < 4.78 is 10.7. The molecule has 1 heterocycles. The van der Waals surface area contributed by atoms with Crippen LogP contribution in [0, 0.1) is 13.8 Å². The largest absolute Gasteiger partial charge is 0.441 e. The van der Waals surface area contributed by atoms with Crippen LogP contribution in [0.25, 0.3) is 11.3 Å². The molecular formula is C18H24N2O3. The third-order valence-corrected chi connectivity index (χ3v) is 3.76. The molecule has 1 aromatic heterocycles. The minimum absolute atomic E-state index is 0.00651. The quantitative estimate of drug-likeness (QED) is 0.760. The van der Waals surface area contributed by atoms with E-state index in [0.717, 1.165) is 17.7 Å². The fraction of sp³-hybridized carbons (Fsp3) is 0.444. The fourth-order valence-electron chi connectivity index (χ4n) is 2.21. The number of ether oxygens (including phenoxy) is 1. The number of carbonyl (C=O) groups excluding carboxylic acids is 1. The average Bonchev–Trinajstić information content (AvgIpc) is 3.01. The van der Waals surface area contributed by atoms with E-state index in [0.29, 0.717) is 31.9 Å². The lowest BCUT2D eigenvalue weighted by atomic mass is 10.1. The number of benzene rings is 1. The average molecular weight is 316 g/mol. The molecule has 5 nitrogen and oxygen atoms in total. The minimum Gasteiger partial charge on any atom is -0.441 e. The van der Waals surface area contributed by atoms with E-state index in [9.17, 15) is 4.79 Å². The molecule has 0 radical (unpaired) electrons. The summed E-state index contributed by atoms with van der Waals surface area (Å²) >= 11 is 0. The Morgan fingerprint density at radius 3 is 2.87 bits per heavy atom. The van der Waals surface area contributed by atoms with Gasteiger partial charge in [0, 0.05) is 38.7 Å². The Hall–Kier alpha value is -2.14. The Bertz CT molecular complexity index is 649. The van der Waals surface area contributed by atoms with Gasteiger partial charge in [0.1, 0.15) is 0 Å². The van der Waals surface area contributed by atoms with Crippen molar-refractivity contribution in [2.75, 3.05) is 20.3 Å². The van der Waals surface area contributed by atoms with Crippen LogP contribution < -0.4 is 5.32 Å². The molecule has 1 N–H and O–H groups in total. The lowest BCUT2D eigenvalue weighted by Gasteiger charge is -2.03. The summed E-state index contributed by atoms with van der Waals surface area (Å²) in [5, 5.41) is 2.85. The third kappa shape index (κ3) is 5.21. The number of nitrogens with one attached hydrogen (secondary N) is 1. The number of hydrogen-bond acceptors (Lipinski definition) is 4. The highest BCUT2D eigenvalue weighted by atomic mass is 16.5. The van der Waals surface area contributed by atoms with Crippen LogP contribution in [0.3, 0.4) is 0 Å². The highest BCUT2D eigenvalue weighted by molar-refractivity contribution is 5.76. The highest BCUT2D eigenvalue weighted by Crippen LogP contribution is 2.23. The Kier molecular flexibility index (Phi) is 6.35. The van der Waals surface area contributed by atoms with Gasteiger partial charge in [-0.1, -0.05) is 12.1 Å². The number of oxazole rings is 1. The van der Waals surface area contributed by atoms with Crippen LogP contribution in [0.15, 0.2) is 28.8 Å². The van der Waals surface area contributed by atoms with Crippen molar-refractivity contribution in [3.8, 4) is 11.3 Å². The highest BCUT2D eigenvalue weighted by Gasteiger charge is 2.09. The summed E-state index contributed by atoms with van der Waals surface area (Å²) in [4.78, 5) is 16.0. The van der Waals surface area contributed by atoms with E-state index >= 15 is 0 Å². The van der Waals surface area contributed by atoms with Gasteiger partial charge < -0.3 is 14.5 Å². The van der Waals surface area contributed by atoms with Gasteiger partial charge in [-0.3, -0.25) is 4.79 Å². The third-order valence-electron chi connectivity index (χ3n) is 3.76. The standard InChI is InChI=1S/C18H24N2O3/c1-13-5-6-15(11-14(13)2)16-12-20-18(23-16)8-7-17(21)19-9-4-10-22-3/h5-6,11-12H,4,7-10H2,1-3H3,(H,19,21). The lowest BCUT2D eigenvalue weighted by molar-refractivity contribution is -0.121. The Labute approximate surface area is 137 Å². The Morgan fingerprint density at radius 2 is 2.13 bits per heavy atom. The van der Waals surface area contributed by atoms with Crippen LogP contribution in [0.4, 0.5) is 0 Å². The summed E-state index contributed by atoms with van der Waals surface area (Å²) in [6.07, 6.45) is 3.41. The van der Waals surface area contributed by atoms with Crippen LogP contribution in [0.5, 0.6) is 0 Å². The zero-order valence-corrected chi connectivity index (χ0v) is 14.0. The van der Waals surface area contributed by atoms with Crippen molar-refractivity contribution in [2.24, 2.45) is 0 Å². The van der Waals surface area contributed by atoms with Gasteiger partial charge in [-0.15, -0.1) is 0 Å². The van der Waals surface area contributed by atoms with Crippen LogP contribution in [0.2, 0.25) is 0 Å². The molecule has 1 amide bonds. The Morgan fingerprint density at radius 1 is 1.30 bits per heavy atom. The zero-order chi connectivity index (χ0) is 16.7. The van der Waals surface area contributed by atoms with Gasteiger partial charge in [-0.2, -0.15) is 0 Å². The molecular weight excluding hydrogens is 292 g/mol. The molecule has 0 saturated heterocycles. The maximum atomic E-state index is 11.7. The maximum absolute atomic E-state index is 11.7. The molecule has 0 spiro atoms. The van der Waals surface area contributed by atoms with E-state index in [2.05, 4.69) is 36.3 Å². The van der Waals surface area contributed by atoms with E-state index in [1.54, 1.807) is 13.3 Å². The first kappa shape index (κ1) is 17.2. The van der Waals surface area contributed by atoms with Crippen LogP contribution in [-0.4, -0.2) is 31.2 Å². The summed E-state index contributed by atoms with van der Waals surface area (Å²) in [5.41, 5.74) is 3.48. The predicted octanol–water partition coefficient (Wildman–Crippen LogP) is 3.04. The van der Waals surface area contributed by atoms with Gasteiger partial charge in [-0.25, -0.2) is 4.98 Å². The number of carbonyl (C=O) groups is 1. The van der Waals surface area contributed by atoms with Crippen LogP contribution >= 0.6 is 0 Å². The lowest BCUT2D eigenvalue weighted by Crippen LogP contribution is -2.25. The SMILES string of the molecule is COCCCNC(=O)CCc1ncc(-c2ccc(C)c(C)c2)o1. The normalized spacial score (nSPS) is 10.7. The second kappa shape index (κ2) is 8.48. The zero-order valence-electron chi connectivity index (χ0n) is 14.0. The molecule has 0 unspecified atom stereocenters. The number of amides is 1. The van der Waals surface area contributed by atoms with Crippen molar-refractivity contribution < 1.29 is 13.9 Å².